The number of nitrogens with zero attached hydrogens (tertiary/aromatic N) is 3. The van der Waals surface area contributed by atoms with Crippen LogP contribution in [0.4, 0.5) is 11.9 Å². The van der Waals surface area contributed by atoms with Crippen molar-refractivity contribution in [1.82, 2.24) is 15.0 Å². The fraction of sp³-hybridized carbons (Fsp3) is 0.700. The van der Waals surface area contributed by atoms with Crippen molar-refractivity contribution in [3.05, 3.63) is 5.28 Å². The molecule has 2 N–H and O–H groups in total. The van der Waals surface area contributed by atoms with Crippen molar-refractivity contribution in [2.45, 2.75) is 26.2 Å². The van der Waals surface area contributed by atoms with Crippen LogP contribution in [0, 0.1) is 5.41 Å². The van der Waals surface area contributed by atoms with Crippen LogP contribution in [-0.2, 0) is 0 Å². The zero-order valence-corrected chi connectivity index (χ0v) is 10.3. The molecule has 1 aromatic rings. The van der Waals surface area contributed by atoms with E-state index in [1.807, 2.05) is 0 Å². The van der Waals surface area contributed by atoms with Crippen LogP contribution < -0.4 is 10.6 Å². The van der Waals surface area contributed by atoms with Gasteiger partial charge in [0, 0.05) is 13.6 Å². The maximum atomic E-state index is 5.78. The molecule has 0 saturated heterocycles. The summed E-state index contributed by atoms with van der Waals surface area (Å²) in [6.07, 6.45) is 3.84. The summed E-state index contributed by atoms with van der Waals surface area (Å²) in [7, 11) is 1.75. The third-order valence-electron chi connectivity index (χ3n) is 3.07. The van der Waals surface area contributed by atoms with Gasteiger partial charge in [-0.05, 0) is 29.9 Å². The summed E-state index contributed by atoms with van der Waals surface area (Å²) in [5.74, 6) is 1.03. The first-order chi connectivity index (χ1) is 7.61. The van der Waals surface area contributed by atoms with E-state index in [-0.39, 0.29) is 5.28 Å². The lowest BCUT2D eigenvalue weighted by Gasteiger charge is -2.38. The Kier molecular flexibility index (Phi) is 3.14. The molecule has 0 aromatic carbocycles. The van der Waals surface area contributed by atoms with Gasteiger partial charge in [0.25, 0.3) is 0 Å². The van der Waals surface area contributed by atoms with Crippen LogP contribution in [-0.4, -0.2) is 28.5 Å². The van der Waals surface area contributed by atoms with Crippen molar-refractivity contribution in [2.75, 3.05) is 24.2 Å². The van der Waals surface area contributed by atoms with E-state index in [2.05, 4.69) is 32.5 Å². The highest BCUT2D eigenvalue weighted by Gasteiger charge is 2.31. The van der Waals surface area contributed by atoms with Crippen molar-refractivity contribution >= 4 is 23.5 Å². The topological polar surface area (TPSA) is 62.7 Å². The van der Waals surface area contributed by atoms with Gasteiger partial charge < -0.3 is 10.6 Å². The summed E-state index contributed by atoms with van der Waals surface area (Å²) < 4.78 is 0. The molecule has 0 aliphatic heterocycles. The molecular weight excluding hydrogens is 226 g/mol. The lowest BCUT2D eigenvalue weighted by molar-refractivity contribution is 0.179. The normalized spacial score (nSPS) is 17.7. The van der Waals surface area contributed by atoms with Crippen LogP contribution >= 0.6 is 11.6 Å². The molecule has 1 heterocycles. The molecule has 16 heavy (non-hydrogen) atoms. The molecule has 0 radical (unpaired) electrons. The summed E-state index contributed by atoms with van der Waals surface area (Å²) in [4.78, 5) is 12.1. The van der Waals surface area contributed by atoms with Crippen molar-refractivity contribution in [3.8, 4) is 0 Å². The molecule has 1 aliphatic rings. The molecular formula is C10H16ClN5. The summed E-state index contributed by atoms with van der Waals surface area (Å²) in [5.41, 5.74) is 0.388. The van der Waals surface area contributed by atoms with Gasteiger partial charge in [0.2, 0.25) is 17.2 Å². The van der Waals surface area contributed by atoms with Gasteiger partial charge >= 0.3 is 0 Å². The van der Waals surface area contributed by atoms with Gasteiger partial charge in [-0.1, -0.05) is 13.3 Å². The van der Waals surface area contributed by atoms with E-state index in [0.717, 1.165) is 6.54 Å². The lowest BCUT2D eigenvalue weighted by atomic mass is 9.70. The van der Waals surface area contributed by atoms with E-state index in [4.69, 9.17) is 11.6 Å². The molecule has 0 atom stereocenters. The van der Waals surface area contributed by atoms with E-state index in [1.165, 1.54) is 19.3 Å². The monoisotopic (exact) mass is 241 g/mol. The van der Waals surface area contributed by atoms with Crippen LogP contribution in [0.15, 0.2) is 0 Å². The SMILES string of the molecule is CNc1nc(Cl)nc(NCC2(C)CCC2)n1. The Morgan fingerprint density at radius 2 is 1.94 bits per heavy atom. The van der Waals surface area contributed by atoms with Crippen molar-refractivity contribution in [2.24, 2.45) is 5.41 Å². The lowest BCUT2D eigenvalue weighted by Crippen LogP contribution is -2.33. The smallest absolute Gasteiger partial charge is 0.228 e. The molecule has 1 aromatic heterocycles. The van der Waals surface area contributed by atoms with E-state index in [9.17, 15) is 0 Å². The molecule has 2 rings (SSSR count). The molecule has 1 saturated carbocycles. The summed E-state index contributed by atoms with van der Waals surface area (Å²) >= 11 is 5.78. The molecule has 5 nitrogen and oxygen atoms in total. The molecule has 0 bridgehead atoms. The number of nitrogens with one attached hydrogen (secondary N) is 2. The van der Waals surface area contributed by atoms with Gasteiger partial charge in [-0.2, -0.15) is 15.0 Å². The van der Waals surface area contributed by atoms with E-state index in [1.54, 1.807) is 7.05 Å². The molecule has 1 aliphatic carbocycles. The number of hydrogen-bond acceptors (Lipinski definition) is 5. The largest absolute Gasteiger partial charge is 0.357 e. The van der Waals surface area contributed by atoms with Gasteiger partial charge in [0.05, 0.1) is 0 Å². The summed E-state index contributed by atoms with van der Waals surface area (Å²) in [6.45, 7) is 3.15. The number of rotatable bonds is 4. The molecule has 6 heteroatoms. The minimum Gasteiger partial charge on any atom is -0.357 e. The van der Waals surface area contributed by atoms with Crippen LogP contribution in [0.5, 0.6) is 0 Å². The van der Waals surface area contributed by atoms with Crippen molar-refractivity contribution in [3.63, 3.8) is 0 Å². The Balaban J connectivity index is 2.00. The van der Waals surface area contributed by atoms with Crippen molar-refractivity contribution in [1.29, 1.82) is 0 Å². The van der Waals surface area contributed by atoms with E-state index >= 15 is 0 Å². The number of halogens is 1. The maximum absolute atomic E-state index is 5.78. The van der Waals surface area contributed by atoms with Gasteiger partial charge in [0.15, 0.2) is 0 Å². The van der Waals surface area contributed by atoms with Crippen LogP contribution in [0.1, 0.15) is 26.2 Å². The van der Waals surface area contributed by atoms with Gasteiger partial charge in [-0.15, -0.1) is 0 Å². The average Bonchev–Trinajstić information content (AvgIpc) is 2.23. The standard InChI is InChI=1S/C10H16ClN5/c1-10(4-3-5-10)6-13-9-15-7(11)14-8(12-2)16-9/h3-6H2,1-2H3,(H2,12,13,14,15,16). The Hall–Kier alpha value is -1.10. The Bertz CT molecular complexity index is 377. The highest BCUT2D eigenvalue weighted by Crippen LogP contribution is 2.39. The second-order valence-electron chi connectivity index (χ2n) is 4.52. The second-order valence-corrected chi connectivity index (χ2v) is 4.86. The summed E-state index contributed by atoms with van der Waals surface area (Å²) in [6, 6.07) is 0. The first-order valence-corrected chi connectivity index (χ1v) is 5.82. The molecule has 0 unspecified atom stereocenters. The maximum Gasteiger partial charge on any atom is 0.228 e. The quantitative estimate of drug-likeness (QED) is 0.846. The molecule has 1 fully saturated rings. The summed E-state index contributed by atoms with van der Waals surface area (Å²) in [5, 5.41) is 6.27. The zero-order chi connectivity index (χ0) is 11.6. The molecule has 88 valence electrons. The second kappa shape index (κ2) is 4.41. The van der Waals surface area contributed by atoms with E-state index in [0.29, 0.717) is 17.3 Å². The first kappa shape index (κ1) is 11.4. The van der Waals surface area contributed by atoms with Gasteiger partial charge in [0.1, 0.15) is 0 Å². The number of hydrogen-bond donors (Lipinski definition) is 2. The van der Waals surface area contributed by atoms with Crippen LogP contribution in [0.3, 0.4) is 0 Å². The van der Waals surface area contributed by atoms with Crippen molar-refractivity contribution < 1.29 is 0 Å². The highest BCUT2D eigenvalue weighted by molar-refractivity contribution is 6.28. The van der Waals surface area contributed by atoms with Gasteiger partial charge in [-0.3, -0.25) is 0 Å². The average molecular weight is 242 g/mol. The predicted octanol–water partition coefficient (Wildman–Crippen LogP) is 2.17. The fourth-order valence-corrected chi connectivity index (χ4v) is 1.95. The zero-order valence-electron chi connectivity index (χ0n) is 9.55. The third kappa shape index (κ3) is 2.52. The Labute approximate surface area is 100 Å². The minimum atomic E-state index is 0.209. The highest BCUT2D eigenvalue weighted by atomic mass is 35.5. The van der Waals surface area contributed by atoms with E-state index < -0.39 is 0 Å². The first-order valence-electron chi connectivity index (χ1n) is 5.44. The number of anilines is 2. The third-order valence-corrected chi connectivity index (χ3v) is 3.23. The number of aromatic nitrogens is 3. The Morgan fingerprint density at radius 1 is 1.25 bits per heavy atom. The molecule has 0 spiro atoms. The minimum absolute atomic E-state index is 0.209. The fourth-order valence-electron chi connectivity index (χ4n) is 1.79. The Morgan fingerprint density at radius 3 is 2.50 bits per heavy atom. The van der Waals surface area contributed by atoms with Gasteiger partial charge in [-0.25, -0.2) is 0 Å². The molecule has 0 amide bonds. The van der Waals surface area contributed by atoms with Crippen LogP contribution in [0.2, 0.25) is 5.28 Å². The predicted molar refractivity (Wildman–Crippen MR) is 64.8 cm³/mol. The van der Waals surface area contributed by atoms with Crippen LogP contribution in [0.25, 0.3) is 0 Å².